The molecule has 5 rings (SSSR count). The van der Waals surface area contributed by atoms with Gasteiger partial charge in [-0.05, 0) is 48.6 Å². The van der Waals surface area contributed by atoms with E-state index in [-0.39, 0.29) is 23.8 Å². The number of nitrogens with zero attached hydrogens (tertiary/aromatic N) is 4. The fourth-order valence-electron chi connectivity index (χ4n) is 6.54. The highest BCUT2D eigenvalue weighted by Crippen LogP contribution is 2.42. The molecule has 2 aliphatic rings. The Bertz CT molecular complexity index is 1450. The van der Waals surface area contributed by atoms with Gasteiger partial charge in [-0.3, -0.25) is 4.79 Å². The number of hydrogen-bond donors (Lipinski definition) is 0. The molecule has 0 radical (unpaired) electrons. The molecule has 0 amide bonds. The summed E-state index contributed by atoms with van der Waals surface area (Å²) in [5, 5.41) is 8.19. The van der Waals surface area contributed by atoms with E-state index in [0.717, 1.165) is 10.4 Å². The van der Waals surface area contributed by atoms with E-state index in [2.05, 4.69) is 84.3 Å². The molecule has 2 aliphatic heterocycles. The molecule has 2 fully saturated rings. The van der Waals surface area contributed by atoms with Gasteiger partial charge in [-0.2, -0.15) is 0 Å². The van der Waals surface area contributed by atoms with E-state index in [1.807, 2.05) is 26.0 Å². The molecule has 45 heavy (non-hydrogen) atoms. The number of carbonyl (C=O) groups is 1. The maximum Gasteiger partial charge on any atom is 0.261 e. The number of hydrogen-bond acceptors (Lipinski definition) is 9. The Balaban J connectivity index is 1.51. The van der Waals surface area contributed by atoms with Crippen molar-refractivity contribution in [3.63, 3.8) is 0 Å². The van der Waals surface area contributed by atoms with Crippen LogP contribution < -0.4 is 10.4 Å². The van der Waals surface area contributed by atoms with Gasteiger partial charge in [0.1, 0.15) is 18.3 Å². The van der Waals surface area contributed by atoms with Crippen molar-refractivity contribution in [2.45, 2.75) is 102 Å². The summed E-state index contributed by atoms with van der Waals surface area (Å²) in [6, 6.07) is 20.0. The van der Waals surface area contributed by atoms with Crippen LogP contribution in [-0.2, 0) is 23.4 Å². The predicted octanol–water partition coefficient (Wildman–Crippen LogP) is 6.01. The number of benzene rings is 2. The molecular weight excluding hydrogens is 609 g/mol. The van der Waals surface area contributed by atoms with Gasteiger partial charge in [0.2, 0.25) is 0 Å². The zero-order valence-corrected chi connectivity index (χ0v) is 28.7. The molecule has 0 saturated carbocycles. The molecule has 0 unspecified atom stereocenters. The van der Waals surface area contributed by atoms with Gasteiger partial charge in [-0.25, -0.2) is 4.98 Å². The second-order valence-corrected chi connectivity index (χ2v) is 18.6. The average molecular weight is 651 g/mol. The first-order valence-corrected chi connectivity index (χ1v) is 18.0. The van der Waals surface area contributed by atoms with E-state index in [1.54, 1.807) is 25.4 Å². The van der Waals surface area contributed by atoms with Crippen LogP contribution in [0, 0.1) is 0 Å². The zero-order valence-electron chi connectivity index (χ0n) is 26.9. The Labute approximate surface area is 269 Å². The van der Waals surface area contributed by atoms with Crippen LogP contribution in [0.4, 0.5) is 0 Å². The van der Waals surface area contributed by atoms with Gasteiger partial charge in [-0.1, -0.05) is 86.5 Å². The molecule has 2 saturated heterocycles. The van der Waals surface area contributed by atoms with Crippen molar-refractivity contribution in [3.05, 3.63) is 87.7 Å². The minimum Gasteiger partial charge on any atom is -0.405 e. The maximum absolute atomic E-state index is 13.1. The second kappa shape index (κ2) is 13.1. The summed E-state index contributed by atoms with van der Waals surface area (Å²) < 4.78 is 33.2. The van der Waals surface area contributed by atoms with Crippen molar-refractivity contribution < 1.29 is 28.2 Å². The van der Waals surface area contributed by atoms with Crippen molar-refractivity contribution in [2.24, 2.45) is 5.11 Å². The lowest BCUT2D eigenvalue weighted by Gasteiger charge is -2.55. The number of ether oxygens (including phenoxy) is 4. The number of Topliss-reactive ketones (excluding diaryl/α,β-unsaturated/α-hetero) is 1. The Morgan fingerprint density at radius 2 is 1.56 bits per heavy atom. The van der Waals surface area contributed by atoms with Gasteiger partial charge in [0, 0.05) is 22.9 Å². The van der Waals surface area contributed by atoms with Crippen molar-refractivity contribution >= 4 is 35.8 Å². The SMILES string of the molecule is CC1(C)O[C@H]([C@H](CC(=O)c2nccs2)N=[N+]=[N-])[C@H]2OC(C)(C)O[C@H](CO[Si](c3ccccc3)(c3ccccc3)C(C)(C)C)[C@H]2O1. The largest absolute Gasteiger partial charge is 0.405 e. The Morgan fingerprint density at radius 3 is 2.09 bits per heavy atom. The fraction of sp³-hybridized carbons (Fsp3) is 0.515. The number of rotatable bonds is 10. The number of fused-ring (bicyclic) bond motifs is 1. The highest BCUT2D eigenvalue weighted by atomic mass is 32.1. The normalized spacial score (nSPS) is 25.0. The minimum atomic E-state index is -2.90. The first kappa shape index (κ1) is 33.4. The lowest BCUT2D eigenvalue weighted by molar-refractivity contribution is -0.426. The lowest BCUT2D eigenvalue weighted by atomic mass is 9.91. The molecule has 0 bridgehead atoms. The van der Waals surface area contributed by atoms with Crippen LogP contribution in [0.1, 0.15) is 64.7 Å². The van der Waals surface area contributed by atoms with E-state index >= 15 is 0 Å². The van der Waals surface area contributed by atoms with Gasteiger partial charge in [0.25, 0.3) is 8.32 Å². The summed E-state index contributed by atoms with van der Waals surface area (Å²) in [4.78, 5) is 20.3. The third kappa shape index (κ3) is 7.08. The van der Waals surface area contributed by atoms with Crippen LogP contribution >= 0.6 is 11.3 Å². The van der Waals surface area contributed by atoms with Crippen LogP contribution in [0.3, 0.4) is 0 Å². The molecule has 3 aromatic rings. The van der Waals surface area contributed by atoms with Crippen molar-refractivity contribution in [1.29, 1.82) is 0 Å². The monoisotopic (exact) mass is 650 g/mol. The van der Waals surface area contributed by atoms with E-state index in [9.17, 15) is 10.3 Å². The van der Waals surface area contributed by atoms with Crippen molar-refractivity contribution in [2.75, 3.05) is 6.61 Å². The lowest BCUT2D eigenvalue weighted by Crippen LogP contribution is -2.70. The van der Waals surface area contributed by atoms with Gasteiger partial charge < -0.3 is 23.4 Å². The molecule has 0 aliphatic carbocycles. The Morgan fingerprint density at radius 1 is 0.978 bits per heavy atom. The molecule has 2 aromatic carbocycles. The number of thiazole rings is 1. The molecule has 3 heterocycles. The first-order chi connectivity index (χ1) is 21.3. The molecule has 5 atom stereocenters. The minimum absolute atomic E-state index is 0.0879. The molecule has 0 spiro atoms. The van der Waals surface area contributed by atoms with Gasteiger partial charge in [0.05, 0.1) is 18.8 Å². The summed E-state index contributed by atoms with van der Waals surface area (Å²) in [5.41, 5.74) is 9.52. The number of aromatic nitrogens is 1. The predicted molar refractivity (Wildman–Crippen MR) is 175 cm³/mol. The van der Waals surface area contributed by atoms with Gasteiger partial charge in [0.15, 0.2) is 22.4 Å². The maximum atomic E-state index is 13.1. The van der Waals surface area contributed by atoms with Crippen LogP contribution in [0.25, 0.3) is 10.4 Å². The standard InChI is InChI=1S/C33H42N4O6SSi/c1-31(2,3)45(22-14-10-8-11-15-22,23-16-12-9-13-17-23)39-21-26-28-29(43-32(4,5)40-26)27(41-33(6,7)42-28)24(36-37-34)20-25(38)30-35-18-19-44-30/h8-19,24,26-29H,20-21H2,1-7H3/t24-,26+,27+,28+,29+/m0/s1. The van der Waals surface area contributed by atoms with Crippen LogP contribution in [-0.4, -0.2) is 67.7 Å². The Hall–Kier alpha value is -2.93. The van der Waals surface area contributed by atoms with Gasteiger partial charge >= 0.3 is 0 Å². The Kier molecular flexibility index (Phi) is 9.70. The van der Waals surface area contributed by atoms with E-state index < -0.39 is 50.3 Å². The quantitative estimate of drug-likeness (QED) is 0.0865. The van der Waals surface area contributed by atoms with E-state index in [0.29, 0.717) is 5.01 Å². The summed E-state index contributed by atoms with van der Waals surface area (Å²) in [7, 11) is -2.90. The fourth-order valence-corrected chi connectivity index (χ4v) is 11.7. The van der Waals surface area contributed by atoms with Gasteiger partial charge in [-0.15, -0.1) is 11.3 Å². The number of ketones is 1. The molecule has 240 valence electrons. The molecule has 1 aromatic heterocycles. The smallest absolute Gasteiger partial charge is 0.261 e. The number of carbonyl (C=O) groups excluding carboxylic acids is 1. The third-order valence-electron chi connectivity index (χ3n) is 8.23. The van der Waals surface area contributed by atoms with Crippen molar-refractivity contribution in [1.82, 2.24) is 4.98 Å². The summed E-state index contributed by atoms with van der Waals surface area (Å²) in [6.07, 6.45) is -1.23. The van der Waals surface area contributed by atoms with E-state index in [1.165, 1.54) is 11.3 Å². The van der Waals surface area contributed by atoms with Crippen LogP contribution in [0.5, 0.6) is 0 Å². The van der Waals surface area contributed by atoms with E-state index in [4.69, 9.17) is 23.4 Å². The summed E-state index contributed by atoms with van der Waals surface area (Å²) in [5.74, 6) is -2.37. The second-order valence-electron chi connectivity index (χ2n) is 13.4. The van der Waals surface area contributed by atoms with Crippen molar-refractivity contribution in [3.8, 4) is 0 Å². The molecule has 12 heteroatoms. The highest BCUT2D eigenvalue weighted by molar-refractivity contribution is 7.11. The van der Waals surface area contributed by atoms with Crippen LogP contribution in [0.15, 0.2) is 77.4 Å². The molecule has 0 N–H and O–H groups in total. The topological polar surface area (TPSA) is 125 Å². The highest BCUT2D eigenvalue weighted by Gasteiger charge is 2.57. The summed E-state index contributed by atoms with van der Waals surface area (Å²) >= 11 is 1.24. The summed E-state index contributed by atoms with van der Waals surface area (Å²) in [6.45, 7) is 14.2. The van der Waals surface area contributed by atoms with Crippen LogP contribution in [0.2, 0.25) is 5.04 Å². The molecule has 10 nitrogen and oxygen atoms in total. The number of azide groups is 1. The first-order valence-electron chi connectivity index (χ1n) is 15.2. The molecular formula is C33H42N4O6SSi. The third-order valence-corrected chi connectivity index (χ3v) is 14.1. The zero-order chi connectivity index (χ0) is 32.5. The average Bonchev–Trinajstić information content (AvgIpc) is 3.53.